The van der Waals surface area contributed by atoms with E-state index in [4.69, 9.17) is 9.47 Å². The summed E-state index contributed by atoms with van der Waals surface area (Å²) >= 11 is 0. The van der Waals surface area contributed by atoms with Gasteiger partial charge in [-0.15, -0.1) is 0 Å². The van der Waals surface area contributed by atoms with E-state index < -0.39 is 11.5 Å². The number of hydrogen-bond donors (Lipinski definition) is 2. The molecule has 2 heterocycles. The van der Waals surface area contributed by atoms with Crippen molar-refractivity contribution in [2.24, 2.45) is 0 Å². The quantitative estimate of drug-likeness (QED) is 0.274. The van der Waals surface area contributed by atoms with Crippen LogP contribution in [-0.2, 0) is 6.42 Å². The molecule has 5 aromatic rings. The lowest BCUT2D eigenvalue weighted by Crippen LogP contribution is -2.33. The van der Waals surface area contributed by atoms with Crippen LogP contribution in [0.25, 0.3) is 16.6 Å². The minimum atomic E-state index is -0.589. The third kappa shape index (κ3) is 4.94. The Balaban J connectivity index is 1.27. The summed E-state index contributed by atoms with van der Waals surface area (Å²) in [5, 5.41) is 6.81. The number of ether oxygens (including phenoxy) is 2. The Labute approximate surface area is 241 Å². The molecule has 0 aliphatic heterocycles. The number of nitrogens with one attached hydrogen (secondary N) is 2. The van der Waals surface area contributed by atoms with Gasteiger partial charge in [-0.1, -0.05) is 18.2 Å². The molecule has 0 saturated heterocycles. The van der Waals surface area contributed by atoms with E-state index in [-0.39, 0.29) is 11.3 Å². The number of benzene rings is 3. The number of anilines is 3. The third-order valence-corrected chi connectivity index (χ3v) is 7.23. The summed E-state index contributed by atoms with van der Waals surface area (Å²) in [6, 6.07) is 21.1. The van der Waals surface area contributed by atoms with Crippen molar-refractivity contribution in [2.75, 3.05) is 24.9 Å². The van der Waals surface area contributed by atoms with Crippen LogP contribution in [0.4, 0.5) is 17.2 Å². The summed E-state index contributed by atoms with van der Waals surface area (Å²) in [5.74, 6) is 1.02. The normalized spacial score (nSPS) is 12.5. The molecule has 10 heteroatoms. The fourth-order valence-corrected chi connectivity index (χ4v) is 5.16. The van der Waals surface area contributed by atoms with Gasteiger partial charge >= 0.3 is 0 Å². The van der Waals surface area contributed by atoms with Crippen LogP contribution in [0.3, 0.4) is 0 Å². The lowest BCUT2D eigenvalue weighted by atomic mass is 9.92. The molecule has 3 aromatic carbocycles. The smallest absolute Gasteiger partial charge is 0.268 e. The Morgan fingerprint density at radius 3 is 2.31 bits per heavy atom. The minimum absolute atomic E-state index is 0.0706. The van der Waals surface area contributed by atoms with Crippen LogP contribution in [-0.4, -0.2) is 40.4 Å². The average molecular weight is 562 g/mol. The van der Waals surface area contributed by atoms with Crippen LogP contribution in [0, 0.1) is 0 Å². The van der Waals surface area contributed by atoms with Crippen molar-refractivity contribution in [3.63, 3.8) is 0 Å². The van der Waals surface area contributed by atoms with E-state index in [0.29, 0.717) is 70.4 Å². The first-order valence-corrected chi connectivity index (χ1v) is 13.4. The minimum Gasteiger partial charge on any atom is -0.493 e. The van der Waals surface area contributed by atoms with Gasteiger partial charge in [-0.2, -0.15) is 0 Å². The maximum Gasteiger partial charge on any atom is 0.268 e. The second-order valence-electron chi connectivity index (χ2n) is 9.77. The summed E-state index contributed by atoms with van der Waals surface area (Å²) in [5.41, 5.74) is 3.00. The van der Waals surface area contributed by atoms with Gasteiger partial charge < -0.3 is 20.1 Å². The summed E-state index contributed by atoms with van der Waals surface area (Å²) in [6.07, 6.45) is 3.09. The molecule has 2 N–H and O–H groups in total. The number of carbonyl (C=O) groups is 2. The standard InChI is InChI=1S/C32H27N5O5/c1-41-28-16-22-25(17-29(28)42-2)33-18-34-30(22)35-19-11-13-20(14-12-19)36-31(39)24-15-23-26(9-6-10-27(23)38)37(32(24)40)21-7-4-3-5-8-21/h3-5,7-8,11-18H,6,9-10H2,1-2H3,(H,36,39)(H,33,34,35). The zero-order valence-electron chi connectivity index (χ0n) is 23.0. The first-order valence-electron chi connectivity index (χ1n) is 13.4. The fourth-order valence-electron chi connectivity index (χ4n) is 5.16. The van der Waals surface area contributed by atoms with Gasteiger partial charge in [0.1, 0.15) is 17.7 Å². The second kappa shape index (κ2) is 11.2. The predicted octanol–water partition coefficient (Wildman–Crippen LogP) is 5.31. The number of hydrogen-bond acceptors (Lipinski definition) is 8. The first-order chi connectivity index (χ1) is 20.5. The van der Waals surface area contributed by atoms with Crippen molar-refractivity contribution >= 4 is 39.8 Å². The van der Waals surface area contributed by atoms with Crippen LogP contribution in [0.2, 0.25) is 0 Å². The summed E-state index contributed by atoms with van der Waals surface area (Å²) in [4.78, 5) is 48.4. The van der Waals surface area contributed by atoms with Gasteiger partial charge in [0.25, 0.3) is 11.5 Å². The number of nitrogens with zero attached hydrogens (tertiary/aromatic N) is 3. The molecule has 210 valence electrons. The van der Waals surface area contributed by atoms with Crippen LogP contribution in [0.5, 0.6) is 11.5 Å². The van der Waals surface area contributed by atoms with Gasteiger partial charge in [0.05, 0.1) is 19.7 Å². The van der Waals surface area contributed by atoms with Crippen LogP contribution in [0.1, 0.15) is 39.3 Å². The molecule has 0 atom stereocenters. The molecule has 1 aliphatic carbocycles. The number of aromatic nitrogens is 3. The van der Waals surface area contributed by atoms with Crippen LogP contribution < -0.4 is 25.7 Å². The van der Waals surface area contributed by atoms with Crippen molar-refractivity contribution in [2.45, 2.75) is 19.3 Å². The SMILES string of the molecule is COc1cc2ncnc(Nc3ccc(NC(=O)c4cc5c(n(-c6ccccc6)c4=O)CCCC5=O)cc3)c2cc1OC. The molecular formula is C32H27N5O5. The number of pyridine rings is 1. The van der Waals surface area contributed by atoms with Crippen molar-refractivity contribution < 1.29 is 19.1 Å². The summed E-state index contributed by atoms with van der Waals surface area (Å²) in [7, 11) is 3.13. The van der Waals surface area contributed by atoms with Gasteiger partial charge in [-0.25, -0.2) is 9.97 Å². The fraction of sp³-hybridized carbons (Fsp3) is 0.156. The van der Waals surface area contributed by atoms with Crippen molar-refractivity contribution in [1.29, 1.82) is 0 Å². The summed E-state index contributed by atoms with van der Waals surface area (Å²) in [6.45, 7) is 0. The Hall–Kier alpha value is -5.51. The van der Waals surface area contributed by atoms with Gasteiger partial charge in [0, 0.05) is 46.2 Å². The molecule has 0 spiro atoms. The Morgan fingerprint density at radius 1 is 0.857 bits per heavy atom. The number of rotatable bonds is 7. The van der Waals surface area contributed by atoms with E-state index in [2.05, 4.69) is 20.6 Å². The lowest BCUT2D eigenvalue weighted by Gasteiger charge is -2.21. The molecule has 0 radical (unpaired) electrons. The number of ketones is 1. The molecule has 0 fully saturated rings. The Kier molecular flexibility index (Phi) is 7.10. The van der Waals surface area contributed by atoms with Gasteiger partial charge in [0.15, 0.2) is 17.3 Å². The molecule has 0 bridgehead atoms. The lowest BCUT2D eigenvalue weighted by molar-refractivity contribution is 0.0971. The summed E-state index contributed by atoms with van der Waals surface area (Å²) < 4.78 is 12.3. The van der Waals surface area contributed by atoms with Crippen molar-refractivity contribution in [3.8, 4) is 17.2 Å². The van der Waals surface area contributed by atoms with E-state index in [9.17, 15) is 14.4 Å². The highest BCUT2D eigenvalue weighted by molar-refractivity contribution is 6.07. The molecule has 2 aromatic heterocycles. The van der Waals surface area contributed by atoms with Crippen molar-refractivity contribution in [3.05, 3.63) is 106 Å². The molecular weight excluding hydrogens is 534 g/mol. The number of methoxy groups -OCH3 is 2. The van der Waals surface area contributed by atoms with E-state index >= 15 is 0 Å². The van der Waals surface area contributed by atoms with Gasteiger partial charge in [-0.05, 0) is 61.4 Å². The molecule has 0 unspecified atom stereocenters. The topological polar surface area (TPSA) is 124 Å². The number of amides is 1. The molecule has 0 saturated carbocycles. The zero-order chi connectivity index (χ0) is 29.2. The highest BCUT2D eigenvalue weighted by Gasteiger charge is 2.26. The number of carbonyl (C=O) groups excluding carboxylic acids is 2. The number of para-hydroxylation sites is 1. The van der Waals surface area contributed by atoms with Gasteiger partial charge in [0.2, 0.25) is 0 Å². The largest absolute Gasteiger partial charge is 0.493 e. The highest BCUT2D eigenvalue weighted by atomic mass is 16.5. The number of fused-ring (bicyclic) bond motifs is 2. The maximum atomic E-state index is 13.6. The average Bonchev–Trinajstić information content (AvgIpc) is 3.01. The maximum absolute atomic E-state index is 13.6. The zero-order valence-corrected chi connectivity index (χ0v) is 23.0. The van der Waals surface area contributed by atoms with E-state index in [1.807, 2.05) is 18.2 Å². The Morgan fingerprint density at radius 2 is 1.57 bits per heavy atom. The molecule has 1 aliphatic rings. The highest BCUT2D eigenvalue weighted by Crippen LogP contribution is 2.34. The van der Waals surface area contributed by atoms with Crippen LogP contribution >= 0.6 is 0 Å². The van der Waals surface area contributed by atoms with E-state index in [0.717, 1.165) is 5.39 Å². The van der Waals surface area contributed by atoms with E-state index in [1.165, 1.54) is 17.0 Å². The second-order valence-corrected chi connectivity index (χ2v) is 9.77. The monoisotopic (exact) mass is 561 g/mol. The predicted molar refractivity (Wildman–Crippen MR) is 160 cm³/mol. The van der Waals surface area contributed by atoms with Crippen molar-refractivity contribution in [1.82, 2.24) is 14.5 Å². The molecule has 10 nitrogen and oxygen atoms in total. The van der Waals surface area contributed by atoms with Crippen LogP contribution in [0.15, 0.2) is 83.9 Å². The molecule has 1 amide bonds. The first kappa shape index (κ1) is 26.7. The third-order valence-electron chi connectivity index (χ3n) is 7.23. The van der Waals surface area contributed by atoms with E-state index in [1.54, 1.807) is 62.8 Å². The van der Waals surface area contributed by atoms with Gasteiger partial charge in [-0.3, -0.25) is 19.0 Å². The molecule has 6 rings (SSSR count). The number of Topliss-reactive ketones (excluding diaryl/α,β-unsaturated/α-hetero) is 1. The Bertz CT molecular complexity index is 1880. The molecule has 42 heavy (non-hydrogen) atoms.